The second kappa shape index (κ2) is 9.54. The summed E-state index contributed by atoms with van der Waals surface area (Å²) in [6, 6.07) is 10.7. The maximum Gasteiger partial charge on any atom is 0.0595 e. The van der Waals surface area contributed by atoms with E-state index in [-0.39, 0.29) is 0 Å². The number of hydrogen-bond acceptors (Lipinski definition) is 3. The van der Waals surface area contributed by atoms with Crippen LogP contribution in [0.25, 0.3) is 0 Å². The highest BCUT2D eigenvalue weighted by molar-refractivity contribution is 6.42. The van der Waals surface area contributed by atoms with Gasteiger partial charge in [-0.15, -0.1) is 0 Å². The van der Waals surface area contributed by atoms with Crippen LogP contribution < -0.4 is 5.32 Å². The summed E-state index contributed by atoms with van der Waals surface area (Å²) in [6.07, 6.45) is 8.45. The summed E-state index contributed by atoms with van der Waals surface area (Å²) in [6.45, 7) is 4.28. The summed E-state index contributed by atoms with van der Waals surface area (Å²) < 4.78 is 0. The Kier molecular flexibility index (Phi) is 7.12. The topological polar surface area (TPSA) is 28.2 Å². The van der Waals surface area contributed by atoms with Crippen LogP contribution in [0.5, 0.6) is 0 Å². The third-order valence-corrected chi connectivity index (χ3v) is 5.51. The standard InChI is InChI=1S/C20H25Cl2N3/c21-19-6-5-17(13-20(19)22)15-25-11-7-18(8-12-25)24-10-2-4-16-3-1-9-23-14-16/h1,3,5-6,9,13-14,18,24H,2,4,7-8,10-12,15H2. The van der Waals surface area contributed by atoms with Gasteiger partial charge in [0.2, 0.25) is 0 Å². The summed E-state index contributed by atoms with van der Waals surface area (Å²) in [5.41, 5.74) is 2.55. The lowest BCUT2D eigenvalue weighted by molar-refractivity contribution is 0.190. The number of piperidine rings is 1. The number of likely N-dealkylation sites (tertiary alicyclic amines) is 1. The van der Waals surface area contributed by atoms with Gasteiger partial charge in [-0.05, 0) is 74.6 Å². The van der Waals surface area contributed by atoms with Crippen molar-refractivity contribution < 1.29 is 0 Å². The molecule has 0 aliphatic carbocycles. The smallest absolute Gasteiger partial charge is 0.0595 e. The SMILES string of the molecule is Clc1ccc(CN2CCC(NCCCc3cccnc3)CC2)cc1Cl. The molecule has 134 valence electrons. The molecule has 0 spiro atoms. The Balaban J connectivity index is 1.33. The highest BCUT2D eigenvalue weighted by Gasteiger charge is 2.18. The Morgan fingerprint density at radius 2 is 1.92 bits per heavy atom. The summed E-state index contributed by atoms with van der Waals surface area (Å²) in [5, 5.41) is 4.97. The van der Waals surface area contributed by atoms with Crippen LogP contribution in [-0.4, -0.2) is 35.6 Å². The summed E-state index contributed by atoms with van der Waals surface area (Å²) in [4.78, 5) is 6.66. The Morgan fingerprint density at radius 3 is 2.64 bits per heavy atom. The minimum Gasteiger partial charge on any atom is -0.314 e. The largest absolute Gasteiger partial charge is 0.314 e. The van der Waals surface area contributed by atoms with Gasteiger partial charge in [0.15, 0.2) is 0 Å². The van der Waals surface area contributed by atoms with Crippen molar-refractivity contribution in [3.63, 3.8) is 0 Å². The lowest BCUT2D eigenvalue weighted by Crippen LogP contribution is -2.42. The Labute approximate surface area is 160 Å². The normalized spacial score (nSPS) is 16.2. The molecule has 1 saturated heterocycles. The van der Waals surface area contributed by atoms with Gasteiger partial charge in [0.25, 0.3) is 0 Å². The molecule has 0 atom stereocenters. The van der Waals surface area contributed by atoms with Crippen LogP contribution in [0.15, 0.2) is 42.7 Å². The summed E-state index contributed by atoms with van der Waals surface area (Å²) >= 11 is 12.1. The molecule has 1 fully saturated rings. The number of benzene rings is 1. The van der Waals surface area contributed by atoms with Gasteiger partial charge in [0.1, 0.15) is 0 Å². The van der Waals surface area contributed by atoms with Gasteiger partial charge < -0.3 is 5.32 Å². The maximum atomic E-state index is 6.11. The van der Waals surface area contributed by atoms with Crippen molar-refractivity contribution in [3.8, 4) is 0 Å². The van der Waals surface area contributed by atoms with Crippen LogP contribution in [0.4, 0.5) is 0 Å². The first kappa shape index (κ1) is 18.7. The van der Waals surface area contributed by atoms with E-state index >= 15 is 0 Å². The molecule has 1 aliphatic heterocycles. The lowest BCUT2D eigenvalue weighted by atomic mass is 10.0. The fraction of sp³-hybridized carbons (Fsp3) is 0.450. The molecular formula is C20H25Cl2N3. The Hall–Kier alpha value is -1.13. The molecule has 1 aromatic heterocycles. The predicted octanol–water partition coefficient (Wildman–Crippen LogP) is 4.58. The first-order valence-electron chi connectivity index (χ1n) is 8.99. The zero-order valence-corrected chi connectivity index (χ0v) is 15.9. The molecule has 2 aromatic rings. The maximum absolute atomic E-state index is 6.11. The zero-order valence-electron chi connectivity index (χ0n) is 14.4. The fourth-order valence-corrected chi connectivity index (χ4v) is 3.66. The lowest BCUT2D eigenvalue weighted by Gasteiger charge is -2.32. The van der Waals surface area contributed by atoms with Crippen molar-refractivity contribution >= 4 is 23.2 Å². The number of aryl methyl sites for hydroxylation is 1. The van der Waals surface area contributed by atoms with Crippen LogP contribution >= 0.6 is 23.2 Å². The quantitative estimate of drug-likeness (QED) is 0.715. The van der Waals surface area contributed by atoms with Crippen molar-refractivity contribution in [3.05, 3.63) is 63.9 Å². The van der Waals surface area contributed by atoms with E-state index in [2.05, 4.69) is 27.3 Å². The average molecular weight is 378 g/mol. The summed E-state index contributed by atoms with van der Waals surface area (Å²) in [5.74, 6) is 0. The molecule has 1 aliphatic rings. The second-order valence-corrected chi connectivity index (χ2v) is 7.53. The number of aromatic nitrogens is 1. The van der Waals surface area contributed by atoms with Crippen molar-refractivity contribution in [2.24, 2.45) is 0 Å². The molecule has 5 heteroatoms. The van der Waals surface area contributed by atoms with Crippen LogP contribution in [0, 0.1) is 0 Å². The van der Waals surface area contributed by atoms with Crippen LogP contribution in [0.2, 0.25) is 10.0 Å². The molecule has 0 unspecified atom stereocenters. The number of nitrogens with one attached hydrogen (secondary N) is 1. The van der Waals surface area contributed by atoms with Gasteiger partial charge in [-0.3, -0.25) is 9.88 Å². The monoisotopic (exact) mass is 377 g/mol. The molecule has 25 heavy (non-hydrogen) atoms. The van der Waals surface area contributed by atoms with Crippen LogP contribution in [0.3, 0.4) is 0 Å². The first-order valence-corrected chi connectivity index (χ1v) is 9.75. The van der Waals surface area contributed by atoms with E-state index in [1.54, 1.807) is 0 Å². The van der Waals surface area contributed by atoms with Gasteiger partial charge in [-0.1, -0.05) is 35.3 Å². The van der Waals surface area contributed by atoms with Gasteiger partial charge in [-0.25, -0.2) is 0 Å². The molecule has 0 radical (unpaired) electrons. The van der Waals surface area contributed by atoms with E-state index in [0.29, 0.717) is 16.1 Å². The molecule has 0 bridgehead atoms. The average Bonchev–Trinajstić information content (AvgIpc) is 2.64. The minimum absolute atomic E-state index is 0.625. The molecular weight excluding hydrogens is 353 g/mol. The third-order valence-electron chi connectivity index (χ3n) is 4.78. The van der Waals surface area contributed by atoms with Crippen molar-refractivity contribution in [2.45, 2.75) is 38.3 Å². The Bertz CT molecular complexity index is 655. The predicted molar refractivity (Wildman–Crippen MR) is 105 cm³/mol. The number of nitrogens with zero attached hydrogens (tertiary/aromatic N) is 2. The first-order chi connectivity index (χ1) is 12.2. The van der Waals surface area contributed by atoms with E-state index in [4.69, 9.17) is 23.2 Å². The van der Waals surface area contributed by atoms with Gasteiger partial charge >= 0.3 is 0 Å². The van der Waals surface area contributed by atoms with Gasteiger partial charge in [0, 0.05) is 25.0 Å². The summed E-state index contributed by atoms with van der Waals surface area (Å²) in [7, 11) is 0. The number of hydrogen-bond donors (Lipinski definition) is 1. The zero-order chi connectivity index (χ0) is 17.5. The van der Waals surface area contributed by atoms with E-state index in [1.807, 2.05) is 30.6 Å². The van der Waals surface area contributed by atoms with Crippen molar-refractivity contribution in [1.82, 2.24) is 15.2 Å². The molecule has 3 nitrogen and oxygen atoms in total. The number of pyridine rings is 1. The molecule has 1 N–H and O–H groups in total. The molecule has 1 aromatic carbocycles. The minimum atomic E-state index is 0.625. The van der Waals surface area contributed by atoms with E-state index in [1.165, 1.54) is 24.0 Å². The van der Waals surface area contributed by atoms with Crippen LogP contribution in [0.1, 0.15) is 30.4 Å². The molecule has 3 rings (SSSR count). The van der Waals surface area contributed by atoms with E-state index in [0.717, 1.165) is 39.0 Å². The highest BCUT2D eigenvalue weighted by atomic mass is 35.5. The Morgan fingerprint density at radius 1 is 1.08 bits per heavy atom. The second-order valence-electron chi connectivity index (χ2n) is 6.72. The molecule has 0 amide bonds. The van der Waals surface area contributed by atoms with Crippen LogP contribution in [-0.2, 0) is 13.0 Å². The molecule has 2 heterocycles. The highest BCUT2D eigenvalue weighted by Crippen LogP contribution is 2.24. The van der Waals surface area contributed by atoms with Gasteiger partial charge in [0.05, 0.1) is 10.0 Å². The fourth-order valence-electron chi connectivity index (χ4n) is 3.34. The number of halogens is 2. The molecule has 0 saturated carbocycles. The van der Waals surface area contributed by atoms with E-state index in [9.17, 15) is 0 Å². The third kappa shape index (κ3) is 5.96. The van der Waals surface area contributed by atoms with E-state index < -0.39 is 0 Å². The van der Waals surface area contributed by atoms with Crippen molar-refractivity contribution in [2.75, 3.05) is 19.6 Å². The number of rotatable bonds is 7. The van der Waals surface area contributed by atoms with Gasteiger partial charge in [-0.2, -0.15) is 0 Å². The van der Waals surface area contributed by atoms with Crippen molar-refractivity contribution in [1.29, 1.82) is 0 Å².